The minimum absolute atomic E-state index is 0.0622. The number of hydrogen-bond donors (Lipinski definition) is 2. The van der Waals surface area contributed by atoms with Crippen LogP contribution in [0.1, 0.15) is 24.5 Å². The molecule has 2 N–H and O–H groups in total. The van der Waals surface area contributed by atoms with Crippen LogP contribution in [0, 0.1) is 0 Å². The summed E-state index contributed by atoms with van der Waals surface area (Å²) in [6, 6.07) is 11.7. The fourth-order valence-electron chi connectivity index (χ4n) is 3.59. The minimum atomic E-state index is -0.0622. The Morgan fingerprint density at radius 3 is 2.70 bits per heavy atom. The van der Waals surface area contributed by atoms with Crippen LogP contribution < -0.4 is 20.1 Å². The molecule has 1 aromatic heterocycles. The number of hydrogen-bond acceptors (Lipinski definition) is 6. The molecule has 1 amide bonds. The fourth-order valence-corrected chi connectivity index (χ4v) is 3.59. The number of nitrogens with zero attached hydrogens (tertiary/aromatic N) is 2. The number of carbonyl (C=O) groups excluding carboxylic acids is 1. The van der Waals surface area contributed by atoms with Crippen molar-refractivity contribution in [1.29, 1.82) is 0 Å². The highest BCUT2D eigenvalue weighted by Crippen LogP contribution is 2.35. The van der Waals surface area contributed by atoms with Gasteiger partial charge in [-0.2, -0.15) is 0 Å². The van der Waals surface area contributed by atoms with Gasteiger partial charge in [-0.15, -0.1) is 0 Å². The Morgan fingerprint density at radius 2 is 1.93 bits per heavy atom. The average molecular weight is 404 g/mol. The molecule has 3 aromatic rings. The third kappa shape index (κ3) is 3.91. The largest absolute Gasteiger partial charge is 0.493 e. The predicted octanol–water partition coefficient (Wildman–Crippen LogP) is 4.35. The summed E-state index contributed by atoms with van der Waals surface area (Å²) in [5, 5.41) is 6.22. The summed E-state index contributed by atoms with van der Waals surface area (Å²) in [5.41, 5.74) is 5.21. The van der Waals surface area contributed by atoms with Crippen LogP contribution in [0.5, 0.6) is 11.5 Å². The van der Waals surface area contributed by atoms with E-state index in [2.05, 4.69) is 28.6 Å². The lowest BCUT2D eigenvalue weighted by Crippen LogP contribution is -2.13. The van der Waals surface area contributed by atoms with E-state index in [4.69, 9.17) is 14.5 Å². The predicted molar refractivity (Wildman–Crippen MR) is 117 cm³/mol. The van der Waals surface area contributed by atoms with Gasteiger partial charge < -0.3 is 20.1 Å². The maximum Gasteiger partial charge on any atom is 0.228 e. The van der Waals surface area contributed by atoms with E-state index >= 15 is 0 Å². The quantitative estimate of drug-likeness (QED) is 0.635. The summed E-state index contributed by atoms with van der Waals surface area (Å²) in [6.07, 6.45) is 3.96. The van der Waals surface area contributed by atoms with Gasteiger partial charge in [-0.05, 0) is 30.2 Å². The molecule has 1 aliphatic heterocycles. The monoisotopic (exact) mass is 404 g/mol. The molecule has 2 heterocycles. The minimum Gasteiger partial charge on any atom is -0.493 e. The fraction of sp³-hybridized carbons (Fsp3) is 0.261. The summed E-state index contributed by atoms with van der Waals surface area (Å²) in [5.74, 6) is 1.64. The number of methoxy groups -OCH3 is 2. The van der Waals surface area contributed by atoms with Crippen molar-refractivity contribution in [2.24, 2.45) is 0 Å². The number of nitrogens with one attached hydrogen (secondary N) is 2. The third-order valence-electron chi connectivity index (χ3n) is 5.01. The summed E-state index contributed by atoms with van der Waals surface area (Å²) < 4.78 is 10.6. The van der Waals surface area contributed by atoms with Crippen LogP contribution in [-0.4, -0.2) is 30.1 Å². The van der Waals surface area contributed by atoms with E-state index in [1.54, 1.807) is 20.4 Å². The van der Waals surface area contributed by atoms with Gasteiger partial charge in [0.15, 0.2) is 11.5 Å². The number of aromatic nitrogens is 2. The molecule has 0 unspecified atom stereocenters. The third-order valence-corrected chi connectivity index (χ3v) is 5.01. The molecule has 2 aromatic carbocycles. The van der Waals surface area contributed by atoms with Crippen LogP contribution in [0.15, 0.2) is 42.6 Å². The van der Waals surface area contributed by atoms with E-state index in [1.807, 2.05) is 30.3 Å². The maximum atomic E-state index is 12.4. The molecule has 7 nitrogen and oxygen atoms in total. The number of rotatable bonds is 6. The first-order chi connectivity index (χ1) is 14.6. The van der Waals surface area contributed by atoms with E-state index in [0.717, 1.165) is 41.0 Å². The van der Waals surface area contributed by atoms with Crippen molar-refractivity contribution in [1.82, 2.24) is 9.97 Å². The standard InChI is InChI=1S/C23H24N4O3/c1-4-5-14-6-8-17-18(10-14)26-21(28)11-15-13-24-23(27-22(15)17)25-16-7-9-19(29-2)20(12-16)30-3/h6-10,12-13H,4-5,11H2,1-3H3,(H,26,28)(H,24,25,27). The lowest BCUT2D eigenvalue weighted by atomic mass is 10.0. The molecule has 7 heteroatoms. The van der Waals surface area contributed by atoms with Gasteiger partial charge in [0, 0.05) is 29.1 Å². The molecule has 0 radical (unpaired) electrons. The molecular formula is C23H24N4O3. The van der Waals surface area contributed by atoms with E-state index in [0.29, 0.717) is 17.4 Å². The van der Waals surface area contributed by atoms with Crippen molar-refractivity contribution in [3.05, 3.63) is 53.7 Å². The summed E-state index contributed by atoms with van der Waals surface area (Å²) >= 11 is 0. The number of benzene rings is 2. The van der Waals surface area contributed by atoms with Crippen molar-refractivity contribution in [3.8, 4) is 22.8 Å². The number of aryl methyl sites for hydroxylation is 1. The van der Waals surface area contributed by atoms with Gasteiger partial charge in [-0.3, -0.25) is 4.79 Å². The average Bonchev–Trinajstić information content (AvgIpc) is 2.88. The smallest absolute Gasteiger partial charge is 0.228 e. The van der Waals surface area contributed by atoms with Gasteiger partial charge in [0.25, 0.3) is 0 Å². The van der Waals surface area contributed by atoms with E-state index in [9.17, 15) is 4.79 Å². The molecule has 0 aliphatic carbocycles. The lowest BCUT2D eigenvalue weighted by molar-refractivity contribution is -0.115. The number of fused-ring (bicyclic) bond motifs is 3. The van der Waals surface area contributed by atoms with Crippen molar-refractivity contribution in [2.75, 3.05) is 24.9 Å². The highest BCUT2D eigenvalue weighted by atomic mass is 16.5. The first-order valence-corrected chi connectivity index (χ1v) is 9.89. The van der Waals surface area contributed by atoms with Gasteiger partial charge in [-0.1, -0.05) is 25.5 Å². The van der Waals surface area contributed by atoms with Crippen LogP contribution >= 0.6 is 0 Å². The molecule has 0 bridgehead atoms. The van der Waals surface area contributed by atoms with Gasteiger partial charge in [0.1, 0.15) is 0 Å². The lowest BCUT2D eigenvalue weighted by Gasteiger charge is -2.13. The van der Waals surface area contributed by atoms with Crippen molar-refractivity contribution in [2.45, 2.75) is 26.2 Å². The van der Waals surface area contributed by atoms with Crippen LogP contribution in [0.25, 0.3) is 11.3 Å². The highest BCUT2D eigenvalue weighted by molar-refractivity contribution is 6.00. The SMILES string of the molecule is CCCc1ccc2c(c1)NC(=O)Cc1cnc(Nc3ccc(OC)c(OC)c3)nc1-2. The second-order valence-corrected chi connectivity index (χ2v) is 7.12. The zero-order chi connectivity index (χ0) is 21.1. The summed E-state index contributed by atoms with van der Waals surface area (Å²) in [7, 11) is 3.19. The zero-order valence-corrected chi connectivity index (χ0v) is 17.3. The molecule has 1 aliphatic rings. The van der Waals surface area contributed by atoms with Crippen molar-refractivity contribution >= 4 is 23.2 Å². The Kier molecular flexibility index (Phi) is 5.52. The van der Waals surface area contributed by atoms with Crippen molar-refractivity contribution < 1.29 is 14.3 Å². The molecule has 0 saturated heterocycles. The molecular weight excluding hydrogens is 380 g/mol. The second-order valence-electron chi connectivity index (χ2n) is 7.12. The van der Waals surface area contributed by atoms with Crippen LogP contribution in [0.4, 0.5) is 17.3 Å². The van der Waals surface area contributed by atoms with Gasteiger partial charge in [0.2, 0.25) is 11.9 Å². The summed E-state index contributed by atoms with van der Waals surface area (Å²) in [4.78, 5) is 21.5. The number of carbonyl (C=O) groups is 1. The Bertz CT molecular complexity index is 1100. The van der Waals surface area contributed by atoms with E-state index in [1.165, 1.54) is 5.56 Å². The Balaban J connectivity index is 1.71. The topological polar surface area (TPSA) is 85.4 Å². The molecule has 0 atom stereocenters. The molecule has 0 fully saturated rings. The van der Waals surface area contributed by atoms with E-state index in [-0.39, 0.29) is 12.3 Å². The maximum absolute atomic E-state index is 12.4. The molecule has 0 spiro atoms. The van der Waals surface area contributed by atoms with Crippen molar-refractivity contribution in [3.63, 3.8) is 0 Å². The molecule has 4 rings (SSSR count). The first kappa shape index (κ1) is 19.7. The van der Waals surface area contributed by atoms with Gasteiger partial charge in [0.05, 0.1) is 32.0 Å². The second kappa shape index (κ2) is 8.41. The van der Waals surface area contributed by atoms with Gasteiger partial charge >= 0.3 is 0 Å². The molecule has 0 saturated carbocycles. The Hall–Kier alpha value is -3.61. The number of amides is 1. The molecule has 154 valence electrons. The summed E-state index contributed by atoms with van der Waals surface area (Å²) in [6.45, 7) is 2.14. The normalized spacial score (nSPS) is 12.3. The zero-order valence-electron chi connectivity index (χ0n) is 17.3. The Labute approximate surface area is 175 Å². The first-order valence-electron chi connectivity index (χ1n) is 9.89. The van der Waals surface area contributed by atoms with Crippen LogP contribution in [0.2, 0.25) is 0 Å². The van der Waals surface area contributed by atoms with Crippen LogP contribution in [0.3, 0.4) is 0 Å². The van der Waals surface area contributed by atoms with E-state index < -0.39 is 0 Å². The number of anilines is 3. The number of ether oxygens (including phenoxy) is 2. The molecule has 30 heavy (non-hydrogen) atoms. The highest BCUT2D eigenvalue weighted by Gasteiger charge is 2.21. The van der Waals surface area contributed by atoms with Crippen LogP contribution in [-0.2, 0) is 17.6 Å². The Morgan fingerprint density at radius 1 is 1.10 bits per heavy atom. The van der Waals surface area contributed by atoms with Gasteiger partial charge in [-0.25, -0.2) is 9.97 Å².